The summed E-state index contributed by atoms with van der Waals surface area (Å²) < 4.78 is 69.1. The molecule has 158 valence electrons. The molecule has 0 heterocycles. The summed E-state index contributed by atoms with van der Waals surface area (Å²) in [4.78, 5) is 0. The maximum Gasteiger partial charge on any atom is 0.208 e. The van der Waals surface area contributed by atoms with Gasteiger partial charge in [-0.1, -0.05) is 60.7 Å². The lowest BCUT2D eigenvalue weighted by Gasteiger charge is -2.14. The molecule has 0 saturated carbocycles. The Hall–Kier alpha value is -4.06. The minimum atomic E-state index is -1.69. The lowest BCUT2D eigenvalue weighted by Crippen LogP contribution is -2.04. The molecular formula is C26H14F4O2. The van der Waals surface area contributed by atoms with Crippen LogP contribution in [0.2, 0.25) is 0 Å². The molecule has 0 N–H and O–H groups in total. The van der Waals surface area contributed by atoms with Gasteiger partial charge in [0.1, 0.15) is 11.5 Å². The SMILES string of the molecule is Fc1c(F)c(Oc2ccc3ccccc3c2)c(F)c(F)c1Oc1ccc2ccccc2c1. The second-order valence-electron chi connectivity index (χ2n) is 7.14. The summed E-state index contributed by atoms with van der Waals surface area (Å²) in [6, 6.07) is 23.8. The van der Waals surface area contributed by atoms with E-state index in [2.05, 4.69) is 0 Å². The second-order valence-corrected chi connectivity index (χ2v) is 7.14. The largest absolute Gasteiger partial charge is 0.451 e. The van der Waals surface area contributed by atoms with Crippen LogP contribution in [0.1, 0.15) is 0 Å². The zero-order chi connectivity index (χ0) is 22.2. The van der Waals surface area contributed by atoms with Gasteiger partial charge in [0, 0.05) is 0 Å². The van der Waals surface area contributed by atoms with Crippen molar-refractivity contribution < 1.29 is 27.0 Å². The number of benzene rings is 5. The first-order chi connectivity index (χ1) is 15.5. The zero-order valence-corrected chi connectivity index (χ0v) is 16.4. The van der Waals surface area contributed by atoms with Crippen LogP contribution in [-0.4, -0.2) is 0 Å². The molecule has 2 nitrogen and oxygen atoms in total. The Morgan fingerprint density at radius 3 is 1.12 bits per heavy atom. The van der Waals surface area contributed by atoms with Gasteiger partial charge in [-0.05, 0) is 45.8 Å². The van der Waals surface area contributed by atoms with E-state index in [1.54, 1.807) is 36.4 Å². The van der Waals surface area contributed by atoms with Crippen molar-refractivity contribution in [1.29, 1.82) is 0 Å². The normalized spacial score (nSPS) is 11.1. The van der Waals surface area contributed by atoms with Crippen LogP contribution in [0, 0.1) is 23.3 Å². The van der Waals surface area contributed by atoms with Crippen molar-refractivity contribution in [2.75, 3.05) is 0 Å². The minimum Gasteiger partial charge on any atom is -0.451 e. The third-order valence-electron chi connectivity index (χ3n) is 5.06. The van der Waals surface area contributed by atoms with Gasteiger partial charge in [0.2, 0.25) is 34.8 Å². The second kappa shape index (κ2) is 7.89. The van der Waals surface area contributed by atoms with Gasteiger partial charge in [-0.15, -0.1) is 0 Å². The first-order valence-corrected chi connectivity index (χ1v) is 9.70. The van der Waals surface area contributed by atoms with E-state index in [1.165, 1.54) is 24.3 Å². The van der Waals surface area contributed by atoms with E-state index in [-0.39, 0.29) is 11.5 Å². The third kappa shape index (κ3) is 3.50. The zero-order valence-electron chi connectivity index (χ0n) is 16.4. The van der Waals surface area contributed by atoms with Gasteiger partial charge < -0.3 is 9.47 Å². The summed E-state index contributed by atoms with van der Waals surface area (Å²) in [6.45, 7) is 0. The Balaban J connectivity index is 1.51. The summed E-state index contributed by atoms with van der Waals surface area (Å²) in [6.07, 6.45) is 0. The van der Waals surface area contributed by atoms with Crippen molar-refractivity contribution in [3.05, 3.63) is 108 Å². The van der Waals surface area contributed by atoms with Crippen molar-refractivity contribution in [2.24, 2.45) is 0 Å². The highest BCUT2D eigenvalue weighted by Crippen LogP contribution is 2.39. The summed E-state index contributed by atoms with van der Waals surface area (Å²) in [5.74, 6) is -9.05. The van der Waals surface area contributed by atoms with E-state index >= 15 is 0 Å². The van der Waals surface area contributed by atoms with E-state index in [1.807, 2.05) is 24.3 Å². The minimum absolute atomic E-state index is 0.0310. The molecule has 0 aliphatic carbocycles. The highest BCUT2D eigenvalue weighted by molar-refractivity contribution is 5.84. The molecule has 0 saturated heterocycles. The summed E-state index contributed by atoms with van der Waals surface area (Å²) >= 11 is 0. The van der Waals surface area contributed by atoms with E-state index in [4.69, 9.17) is 9.47 Å². The molecule has 32 heavy (non-hydrogen) atoms. The highest BCUT2D eigenvalue weighted by atomic mass is 19.2. The van der Waals surface area contributed by atoms with Crippen LogP contribution in [-0.2, 0) is 0 Å². The fraction of sp³-hybridized carbons (Fsp3) is 0. The molecular weight excluding hydrogens is 420 g/mol. The van der Waals surface area contributed by atoms with Crippen molar-refractivity contribution in [2.45, 2.75) is 0 Å². The van der Waals surface area contributed by atoms with Gasteiger partial charge in [-0.3, -0.25) is 0 Å². The van der Waals surface area contributed by atoms with E-state index in [0.29, 0.717) is 0 Å². The average Bonchev–Trinajstić information content (AvgIpc) is 2.83. The van der Waals surface area contributed by atoms with Gasteiger partial charge in [0.25, 0.3) is 0 Å². The fourth-order valence-corrected chi connectivity index (χ4v) is 3.47. The number of ether oxygens (including phenoxy) is 2. The van der Waals surface area contributed by atoms with Crippen LogP contribution in [0.3, 0.4) is 0 Å². The molecule has 0 spiro atoms. The lowest BCUT2D eigenvalue weighted by molar-refractivity contribution is 0.331. The number of hydrogen-bond donors (Lipinski definition) is 0. The van der Waals surface area contributed by atoms with Crippen LogP contribution < -0.4 is 9.47 Å². The van der Waals surface area contributed by atoms with Gasteiger partial charge in [-0.25, -0.2) is 0 Å². The molecule has 0 amide bonds. The van der Waals surface area contributed by atoms with Crippen LogP contribution in [0.5, 0.6) is 23.0 Å². The predicted molar refractivity (Wildman–Crippen MR) is 114 cm³/mol. The van der Waals surface area contributed by atoms with Crippen molar-refractivity contribution in [3.63, 3.8) is 0 Å². The molecule has 5 aromatic carbocycles. The first-order valence-electron chi connectivity index (χ1n) is 9.70. The Labute approximate surface area is 180 Å². The molecule has 0 aliphatic rings. The molecule has 0 radical (unpaired) electrons. The van der Waals surface area contributed by atoms with E-state index < -0.39 is 34.8 Å². The van der Waals surface area contributed by atoms with Gasteiger partial charge in [-0.2, -0.15) is 17.6 Å². The molecule has 0 aromatic heterocycles. The Kier molecular flexibility index (Phi) is 4.90. The van der Waals surface area contributed by atoms with Crippen LogP contribution in [0.25, 0.3) is 21.5 Å². The maximum absolute atomic E-state index is 14.7. The summed E-state index contributed by atoms with van der Waals surface area (Å²) in [7, 11) is 0. The fourth-order valence-electron chi connectivity index (χ4n) is 3.47. The molecule has 5 aromatic rings. The van der Waals surface area contributed by atoms with E-state index in [9.17, 15) is 17.6 Å². The predicted octanol–water partition coefficient (Wildman–Crippen LogP) is 8.13. The first kappa shape index (κ1) is 19.9. The Morgan fingerprint density at radius 1 is 0.406 bits per heavy atom. The smallest absolute Gasteiger partial charge is 0.208 e. The van der Waals surface area contributed by atoms with Crippen LogP contribution in [0.4, 0.5) is 17.6 Å². The molecule has 6 heteroatoms. The Bertz CT molecular complexity index is 1340. The third-order valence-corrected chi connectivity index (χ3v) is 5.06. The van der Waals surface area contributed by atoms with Gasteiger partial charge >= 0.3 is 0 Å². The maximum atomic E-state index is 14.7. The molecule has 5 rings (SSSR count). The monoisotopic (exact) mass is 434 g/mol. The highest BCUT2D eigenvalue weighted by Gasteiger charge is 2.29. The van der Waals surface area contributed by atoms with Gasteiger partial charge in [0.15, 0.2) is 0 Å². The molecule has 0 atom stereocenters. The van der Waals surface area contributed by atoms with E-state index in [0.717, 1.165) is 21.5 Å². The molecule has 0 aliphatic heterocycles. The van der Waals surface area contributed by atoms with Crippen molar-refractivity contribution >= 4 is 21.5 Å². The standard InChI is InChI=1S/C26H14F4O2/c27-21-23(29)26(32-20-12-10-16-6-2-4-8-18(16)14-20)24(30)22(28)25(21)31-19-11-9-15-5-1-3-7-17(15)13-19/h1-14H. The quantitative estimate of drug-likeness (QED) is 0.210. The number of fused-ring (bicyclic) bond motifs is 2. The molecule has 0 fully saturated rings. The van der Waals surface area contributed by atoms with Gasteiger partial charge in [0.05, 0.1) is 0 Å². The number of hydrogen-bond acceptors (Lipinski definition) is 2. The Morgan fingerprint density at radius 2 is 0.750 bits per heavy atom. The van der Waals surface area contributed by atoms with Crippen molar-refractivity contribution in [1.82, 2.24) is 0 Å². The van der Waals surface area contributed by atoms with Crippen LogP contribution >= 0.6 is 0 Å². The topological polar surface area (TPSA) is 18.5 Å². The molecule has 0 bridgehead atoms. The van der Waals surface area contributed by atoms with Crippen LogP contribution in [0.15, 0.2) is 84.9 Å². The average molecular weight is 434 g/mol. The lowest BCUT2D eigenvalue weighted by atomic mass is 10.1. The summed E-state index contributed by atoms with van der Waals surface area (Å²) in [5.41, 5.74) is 0. The number of rotatable bonds is 4. The number of halogens is 4. The summed E-state index contributed by atoms with van der Waals surface area (Å²) in [5, 5.41) is 3.22. The molecule has 0 unspecified atom stereocenters. The van der Waals surface area contributed by atoms with Crippen molar-refractivity contribution in [3.8, 4) is 23.0 Å².